The molecule has 8 atom stereocenters. The highest BCUT2D eigenvalue weighted by molar-refractivity contribution is 6.07. The Labute approximate surface area is 241 Å². The lowest BCUT2D eigenvalue weighted by molar-refractivity contribution is -0.176. The molecule has 1 aromatic carbocycles. The summed E-state index contributed by atoms with van der Waals surface area (Å²) < 4.78 is 39.7. The number of carbonyl (C=O) groups is 4. The van der Waals surface area contributed by atoms with Gasteiger partial charge in [0.15, 0.2) is 0 Å². The van der Waals surface area contributed by atoms with E-state index in [2.05, 4.69) is 17.5 Å². The van der Waals surface area contributed by atoms with Gasteiger partial charge < -0.3 is 20.4 Å². The van der Waals surface area contributed by atoms with Crippen LogP contribution in [-0.2, 0) is 24.6 Å². The maximum absolute atomic E-state index is 14.5. The summed E-state index contributed by atoms with van der Waals surface area (Å²) in [5.74, 6) is -4.03. The number of amides is 4. The van der Waals surface area contributed by atoms with Crippen LogP contribution < -0.4 is 10.6 Å². The van der Waals surface area contributed by atoms with E-state index in [1.165, 1.54) is 9.80 Å². The SMILES string of the molecule is CC(C)(C)[C@H](NC(=O)C(F)(F)F)C(=O)N1CC2[C@@H]([C@H]1C(=O)N1C[C@]3(CC1C#N)C(=O)Nc1ccccc13)[C@H]1C=C[C@@H]2C1. The molecular weight excluding hydrogens is 551 g/mol. The second-order valence-corrected chi connectivity index (χ2v) is 13.3. The van der Waals surface area contributed by atoms with Gasteiger partial charge in [-0.3, -0.25) is 19.2 Å². The lowest BCUT2D eigenvalue weighted by Crippen LogP contribution is -2.60. The quantitative estimate of drug-likeness (QED) is 0.530. The van der Waals surface area contributed by atoms with Crippen molar-refractivity contribution in [2.45, 2.75) is 63.3 Å². The zero-order valence-corrected chi connectivity index (χ0v) is 23.4. The van der Waals surface area contributed by atoms with Gasteiger partial charge in [-0.1, -0.05) is 51.1 Å². The Morgan fingerprint density at radius 3 is 2.48 bits per heavy atom. The molecule has 3 fully saturated rings. The van der Waals surface area contributed by atoms with Crippen molar-refractivity contribution in [3.63, 3.8) is 0 Å². The molecule has 6 rings (SSSR count). The molecule has 42 heavy (non-hydrogen) atoms. The molecule has 2 unspecified atom stereocenters. The van der Waals surface area contributed by atoms with Gasteiger partial charge in [0.2, 0.25) is 17.7 Å². The zero-order chi connectivity index (χ0) is 30.4. The third kappa shape index (κ3) is 4.11. The summed E-state index contributed by atoms with van der Waals surface area (Å²) in [7, 11) is 0. The number of rotatable bonds is 3. The first-order valence-corrected chi connectivity index (χ1v) is 14.1. The van der Waals surface area contributed by atoms with Gasteiger partial charge in [0.25, 0.3) is 0 Å². The molecule has 9 nitrogen and oxygen atoms in total. The Kier molecular flexibility index (Phi) is 6.26. The van der Waals surface area contributed by atoms with E-state index in [0.29, 0.717) is 11.3 Å². The standard InChI is InChI=1S/C30H32F3N5O4/c1-28(2,3)23(36-27(42)30(31,32)33)25(40)37-13-18-15-8-9-16(10-15)21(18)22(37)24(39)38-14-29(11-17(38)12-34)19-6-4-5-7-20(19)35-26(29)41/h4-9,15-18,21-23H,10-11,13-14H2,1-3H3,(H,35,41)(H,36,42)/t15-,16+,17?,18?,21+,22+,23-,29+/m1/s1. The molecule has 1 aromatic rings. The molecule has 3 aliphatic heterocycles. The molecule has 2 aliphatic carbocycles. The van der Waals surface area contributed by atoms with Crippen molar-refractivity contribution in [3.05, 3.63) is 42.0 Å². The average molecular weight is 584 g/mol. The first-order chi connectivity index (χ1) is 19.7. The predicted molar refractivity (Wildman–Crippen MR) is 143 cm³/mol. The second kappa shape index (κ2) is 9.31. The van der Waals surface area contributed by atoms with Crippen LogP contribution in [0.4, 0.5) is 18.9 Å². The number of likely N-dealkylation sites (tertiary alicyclic amines) is 2. The van der Waals surface area contributed by atoms with Gasteiger partial charge in [0.1, 0.15) is 18.1 Å². The average Bonchev–Trinajstić information content (AvgIpc) is 3.72. The highest BCUT2D eigenvalue weighted by Crippen LogP contribution is 2.55. The molecule has 4 amide bonds. The Bertz CT molecular complexity index is 1450. The molecule has 0 radical (unpaired) electrons. The van der Waals surface area contributed by atoms with Crippen LogP contribution in [0.15, 0.2) is 36.4 Å². The topological polar surface area (TPSA) is 123 Å². The van der Waals surface area contributed by atoms with Crippen molar-refractivity contribution in [2.24, 2.45) is 29.1 Å². The van der Waals surface area contributed by atoms with Crippen LogP contribution in [0.5, 0.6) is 0 Å². The van der Waals surface area contributed by atoms with E-state index < -0.39 is 52.9 Å². The summed E-state index contributed by atoms with van der Waals surface area (Å²) in [4.78, 5) is 56.6. The Morgan fingerprint density at radius 1 is 1.12 bits per heavy atom. The summed E-state index contributed by atoms with van der Waals surface area (Å²) >= 11 is 0. The summed E-state index contributed by atoms with van der Waals surface area (Å²) in [6, 6.07) is 5.78. The molecule has 5 aliphatic rings. The van der Waals surface area contributed by atoms with Crippen molar-refractivity contribution in [2.75, 3.05) is 18.4 Å². The van der Waals surface area contributed by atoms with Crippen molar-refractivity contribution < 1.29 is 32.3 Å². The number of hydrogen-bond donors (Lipinski definition) is 2. The monoisotopic (exact) mass is 583 g/mol. The van der Waals surface area contributed by atoms with Gasteiger partial charge in [-0.2, -0.15) is 18.4 Å². The highest BCUT2D eigenvalue weighted by atomic mass is 19.4. The van der Waals surface area contributed by atoms with Crippen LogP contribution in [-0.4, -0.2) is 70.8 Å². The zero-order valence-electron chi connectivity index (χ0n) is 23.4. The molecular formula is C30H32F3N5O4. The van der Waals surface area contributed by atoms with E-state index in [9.17, 15) is 37.6 Å². The van der Waals surface area contributed by atoms with E-state index >= 15 is 0 Å². The second-order valence-electron chi connectivity index (χ2n) is 13.3. The number of fused-ring (bicyclic) bond motifs is 7. The fourth-order valence-electron chi connectivity index (χ4n) is 7.94. The minimum atomic E-state index is -5.19. The van der Waals surface area contributed by atoms with Crippen LogP contribution >= 0.6 is 0 Å². The van der Waals surface area contributed by atoms with Crippen molar-refractivity contribution in [1.29, 1.82) is 5.26 Å². The fourth-order valence-corrected chi connectivity index (χ4v) is 7.94. The molecule has 0 aromatic heterocycles. The van der Waals surface area contributed by atoms with Crippen LogP contribution in [0.2, 0.25) is 0 Å². The van der Waals surface area contributed by atoms with Crippen molar-refractivity contribution >= 4 is 29.3 Å². The molecule has 2 saturated heterocycles. The maximum Gasteiger partial charge on any atom is 0.471 e. The van der Waals surface area contributed by atoms with Crippen LogP contribution in [0.3, 0.4) is 0 Å². The molecule has 2 bridgehead atoms. The lowest BCUT2D eigenvalue weighted by Gasteiger charge is -2.38. The summed E-state index contributed by atoms with van der Waals surface area (Å²) in [5.41, 5.74) is -0.895. The number of nitrogens with zero attached hydrogens (tertiary/aromatic N) is 3. The summed E-state index contributed by atoms with van der Waals surface area (Å²) in [6.45, 7) is 4.76. The van der Waals surface area contributed by atoms with Gasteiger partial charge in [0.05, 0.1) is 11.5 Å². The summed E-state index contributed by atoms with van der Waals surface area (Å²) in [5, 5.41) is 14.9. The molecule has 2 N–H and O–H groups in total. The number of anilines is 1. The highest BCUT2D eigenvalue weighted by Gasteiger charge is 2.62. The van der Waals surface area contributed by atoms with Gasteiger partial charge >= 0.3 is 12.1 Å². The van der Waals surface area contributed by atoms with E-state index in [0.717, 1.165) is 6.42 Å². The normalized spacial score (nSPS) is 33.4. The first kappa shape index (κ1) is 28.2. The molecule has 1 spiro atoms. The number of para-hydroxylation sites is 1. The number of carbonyl (C=O) groups excluding carboxylic acids is 4. The molecule has 12 heteroatoms. The number of allylic oxidation sites excluding steroid dienone is 2. The Morgan fingerprint density at radius 2 is 1.81 bits per heavy atom. The van der Waals surface area contributed by atoms with Crippen molar-refractivity contribution in [1.82, 2.24) is 15.1 Å². The predicted octanol–water partition coefficient (Wildman–Crippen LogP) is 2.74. The smallest absolute Gasteiger partial charge is 0.336 e. The minimum absolute atomic E-state index is 0.00259. The van der Waals surface area contributed by atoms with Crippen LogP contribution in [0.25, 0.3) is 0 Å². The molecule has 1 saturated carbocycles. The largest absolute Gasteiger partial charge is 0.471 e. The van der Waals surface area contributed by atoms with E-state index in [-0.39, 0.29) is 49.1 Å². The third-order valence-corrected chi connectivity index (χ3v) is 9.89. The Hall–Kier alpha value is -3.88. The van der Waals surface area contributed by atoms with E-state index in [1.54, 1.807) is 45.0 Å². The minimum Gasteiger partial charge on any atom is -0.336 e. The van der Waals surface area contributed by atoms with Crippen molar-refractivity contribution in [3.8, 4) is 6.07 Å². The first-order valence-electron chi connectivity index (χ1n) is 14.1. The number of nitriles is 1. The number of hydrogen-bond acceptors (Lipinski definition) is 5. The van der Waals surface area contributed by atoms with Crippen LogP contribution in [0.1, 0.15) is 39.2 Å². The van der Waals surface area contributed by atoms with Gasteiger partial charge in [-0.25, -0.2) is 0 Å². The third-order valence-electron chi connectivity index (χ3n) is 9.89. The Balaban J connectivity index is 1.36. The van der Waals surface area contributed by atoms with Gasteiger partial charge in [-0.15, -0.1) is 0 Å². The lowest BCUT2D eigenvalue weighted by atomic mass is 9.79. The van der Waals surface area contributed by atoms with Gasteiger partial charge in [-0.05, 0) is 47.1 Å². The maximum atomic E-state index is 14.5. The molecule has 222 valence electrons. The van der Waals surface area contributed by atoms with E-state index in [1.807, 2.05) is 11.4 Å². The number of nitrogens with one attached hydrogen (secondary N) is 2. The number of alkyl halides is 3. The number of benzene rings is 1. The molecule has 3 heterocycles. The number of halogens is 3. The summed E-state index contributed by atoms with van der Waals surface area (Å²) in [6.07, 6.45) is -0.190. The van der Waals surface area contributed by atoms with Gasteiger partial charge in [0, 0.05) is 25.2 Å². The van der Waals surface area contributed by atoms with E-state index in [4.69, 9.17) is 0 Å². The van der Waals surface area contributed by atoms with Crippen LogP contribution in [0, 0.1) is 40.4 Å². The fraction of sp³-hybridized carbons (Fsp3) is 0.567.